The molecule has 0 aliphatic carbocycles. The number of rotatable bonds is 7. The quantitative estimate of drug-likeness (QED) is 0.783. The van der Waals surface area contributed by atoms with Crippen molar-refractivity contribution in [1.29, 1.82) is 0 Å². The van der Waals surface area contributed by atoms with E-state index < -0.39 is 17.5 Å². The first-order valence-corrected chi connectivity index (χ1v) is 6.30. The summed E-state index contributed by atoms with van der Waals surface area (Å²) >= 11 is 5.88. The van der Waals surface area contributed by atoms with Gasteiger partial charge in [-0.2, -0.15) is 0 Å². The summed E-state index contributed by atoms with van der Waals surface area (Å²) in [5.74, 6) is -1.88. The second-order valence-electron chi connectivity index (χ2n) is 4.07. The number of hydrogen-bond donors (Lipinski definition) is 1. The number of ether oxygens (including phenoxy) is 1. The lowest BCUT2D eigenvalue weighted by molar-refractivity contribution is -0.120. The number of nitrogens with one attached hydrogen (secondary N) is 1. The average Bonchev–Trinajstić information content (AvgIpc) is 2.34. The van der Waals surface area contributed by atoms with Crippen LogP contribution in [0.3, 0.4) is 0 Å². The van der Waals surface area contributed by atoms with Crippen molar-refractivity contribution in [2.45, 2.75) is 18.2 Å². The van der Waals surface area contributed by atoms with Crippen molar-refractivity contribution in [1.82, 2.24) is 5.32 Å². The molecule has 0 bridgehead atoms. The summed E-state index contributed by atoms with van der Waals surface area (Å²) in [7, 11) is 1.54. The summed E-state index contributed by atoms with van der Waals surface area (Å²) in [6.07, 6.45) is 0.205. The Morgan fingerprint density at radius 2 is 2.05 bits per heavy atom. The fourth-order valence-electron chi connectivity index (χ4n) is 1.56. The maximum Gasteiger partial charge on any atom is 0.224 e. The van der Waals surface area contributed by atoms with Crippen molar-refractivity contribution < 1.29 is 18.3 Å². The molecule has 1 aromatic rings. The standard InChI is InChI=1S/C13H16ClF2NO2/c1-19-8-9(14)5-6-17-13(18)7-10-11(15)3-2-4-12(10)16/h2-4,9H,5-8H2,1H3,(H,17,18). The highest BCUT2D eigenvalue weighted by Gasteiger charge is 2.13. The minimum atomic E-state index is -0.718. The summed E-state index contributed by atoms with van der Waals surface area (Å²) in [5.41, 5.74) is -0.223. The third-order valence-corrected chi connectivity index (χ3v) is 2.87. The molecule has 106 valence electrons. The van der Waals surface area contributed by atoms with Crippen LogP contribution in [0, 0.1) is 11.6 Å². The molecular formula is C13H16ClF2NO2. The summed E-state index contributed by atoms with van der Waals surface area (Å²) in [4.78, 5) is 11.5. The lowest BCUT2D eigenvalue weighted by atomic mass is 10.1. The van der Waals surface area contributed by atoms with Gasteiger partial charge in [0.15, 0.2) is 0 Å². The second kappa shape index (κ2) is 8.07. The predicted octanol–water partition coefficient (Wildman–Crippen LogP) is 2.27. The van der Waals surface area contributed by atoms with Crippen LogP contribution in [0.2, 0.25) is 0 Å². The van der Waals surface area contributed by atoms with Crippen molar-refractivity contribution in [3.63, 3.8) is 0 Å². The van der Waals surface area contributed by atoms with Crippen LogP contribution in [-0.4, -0.2) is 31.5 Å². The zero-order valence-electron chi connectivity index (χ0n) is 10.6. The van der Waals surface area contributed by atoms with Crippen LogP contribution in [0.5, 0.6) is 0 Å². The normalized spacial score (nSPS) is 12.2. The first-order chi connectivity index (χ1) is 9.04. The first kappa shape index (κ1) is 15.9. The second-order valence-corrected chi connectivity index (χ2v) is 4.69. The molecule has 0 saturated carbocycles. The first-order valence-electron chi connectivity index (χ1n) is 5.87. The van der Waals surface area contributed by atoms with Gasteiger partial charge in [-0.3, -0.25) is 4.79 Å². The van der Waals surface area contributed by atoms with Gasteiger partial charge >= 0.3 is 0 Å². The Labute approximate surface area is 115 Å². The van der Waals surface area contributed by atoms with E-state index in [4.69, 9.17) is 16.3 Å². The highest BCUT2D eigenvalue weighted by molar-refractivity contribution is 6.20. The van der Waals surface area contributed by atoms with Crippen LogP contribution in [0.4, 0.5) is 8.78 Å². The predicted molar refractivity (Wildman–Crippen MR) is 69.2 cm³/mol. The van der Waals surface area contributed by atoms with Gasteiger partial charge in [-0.15, -0.1) is 11.6 Å². The zero-order chi connectivity index (χ0) is 14.3. The van der Waals surface area contributed by atoms with Crippen molar-refractivity contribution in [3.05, 3.63) is 35.4 Å². The molecule has 1 amide bonds. The van der Waals surface area contributed by atoms with Gasteiger partial charge in [-0.1, -0.05) is 6.07 Å². The van der Waals surface area contributed by atoms with Gasteiger partial charge in [0.2, 0.25) is 5.91 Å². The van der Waals surface area contributed by atoms with Crippen LogP contribution in [0.1, 0.15) is 12.0 Å². The molecule has 0 saturated heterocycles. The minimum absolute atomic E-state index is 0.199. The van der Waals surface area contributed by atoms with Gasteiger partial charge in [0.1, 0.15) is 11.6 Å². The highest BCUT2D eigenvalue weighted by Crippen LogP contribution is 2.12. The van der Waals surface area contributed by atoms with Crippen LogP contribution in [-0.2, 0) is 16.0 Å². The van der Waals surface area contributed by atoms with E-state index in [-0.39, 0.29) is 17.4 Å². The molecule has 0 heterocycles. The van der Waals surface area contributed by atoms with Gasteiger partial charge in [0.25, 0.3) is 0 Å². The number of alkyl halides is 1. The molecule has 6 heteroatoms. The van der Waals surface area contributed by atoms with Gasteiger partial charge in [-0.25, -0.2) is 8.78 Å². The molecule has 0 aromatic heterocycles. The summed E-state index contributed by atoms with van der Waals surface area (Å²) in [6, 6.07) is 3.51. The van der Waals surface area contributed by atoms with Crippen molar-refractivity contribution >= 4 is 17.5 Å². The summed E-state index contributed by atoms with van der Waals surface area (Å²) in [5, 5.41) is 2.36. The smallest absolute Gasteiger partial charge is 0.224 e. The Morgan fingerprint density at radius 3 is 2.63 bits per heavy atom. The van der Waals surface area contributed by atoms with Crippen LogP contribution in [0.15, 0.2) is 18.2 Å². The van der Waals surface area contributed by atoms with E-state index in [1.807, 2.05) is 0 Å². The molecule has 0 radical (unpaired) electrons. The maximum atomic E-state index is 13.3. The maximum absolute atomic E-state index is 13.3. The highest BCUT2D eigenvalue weighted by atomic mass is 35.5. The van der Waals surface area contributed by atoms with Crippen LogP contribution >= 0.6 is 11.6 Å². The number of amides is 1. The molecule has 1 aromatic carbocycles. The molecule has 1 atom stereocenters. The van der Waals surface area contributed by atoms with Gasteiger partial charge < -0.3 is 10.1 Å². The van der Waals surface area contributed by atoms with E-state index in [0.717, 1.165) is 12.1 Å². The molecule has 1 N–H and O–H groups in total. The molecule has 19 heavy (non-hydrogen) atoms. The van der Waals surface area contributed by atoms with Gasteiger partial charge in [0.05, 0.1) is 18.4 Å². The number of methoxy groups -OCH3 is 1. The third kappa shape index (κ3) is 5.53. The summed E-state index contributed by atoms with van der Waals surface area (Å²) in [6.45, 7) is 0.728. The third-order valence-electron chi connectivity index (χ3n) is 2.53. The van der Waals surface area contributed by atoms with Crippen molar-refractivity contribution in [3.8, 4) is 0 Å². The molecule has 0 spiro atoms. The number of carbonyl (C=O) groups is 1. The summed E-state index contributed by atoms with van der Waals surface area (Å²) < 4.78 is 31.5. The van der Waals surface area contributed by atoms with Crippen molar-refractivity contribution in [2.75, 3.05) is 20.3 Å². The van der Waals surface area contributed by atoms with E-state index >= 15 is 0 Å². The van der Waals surface area contributed by atoms with E-state index in [1.54, 1.807) is 0 Å². The fraction of sp³-hybridized carbons (Fsp3) is 0.462. The van der Waals surface area contributed by atoms with E-state index in [1.165, 1.54) is 13.2 Å². The Kier molecular flexibility index (Phi) is 6.73. The Bertz CT molecular complexity index is 409. The Hall–Kier alpha value is -1.20. The average molecular weight is 292 g/mol. The molecule has 1 unspecified atom stereocenters. The topological polar surface area (TPSA) is 38.3 Å². The molecule has 0 fully saturated rings. The number of hydrogen-bond acceptors (Lipinski definition) is 2. The van der Waals surface area contributed by atoms with E-state index in [0.29, 0.717) is 19.6 Å². The molecule has 1 rings (SSSR count). The SMILES string of the molecule is COCC(Cl)CCNC(=O)Cc1c(F)cccc1F. The van der Waals surface area contributed by atoms with E-state index in [2.05, 4.69) is 5.32 Å². The van der Waals surface area contributed by atoms with Gasteiger partial charge in [0, 0.05) is 19.2 Å². The molecular weight excluding hydrogens is 276 g/mol. The number of carbonyl (C=O) groups excluding carboxylic acids is 1. The largest absolute Gasteiger partial charge is 0.383 e. The van der Waals surface area contributed by atoms with Crippen LogP contribution < -0.4 is 5.32 Å². The minimum Gasteiger partial charge on any atom is -0.383 e. The van der Waals surface area contributed by atoms with Crippen LogP contribution in [0.25, 0.3) is 0 Å². The number of halogens is 3. The van der Waals surface area contributed by atoms with E-state index in [9.17, 15) is 13.6 Å². The zero-order valence-corrected chi connectivity index (χ0v) is 11.3. The molecule has 3 nitrogen and oxygen atoms in total. The molecule has 0 aliphatic rings. The fourth-order valence-corrected chi connectivity index (χ4v) is 1.79. The molecule has 0 aliphatic heterocycles. The number of benzene rings is 1. The van der Waals surface area contributed by atoms with Crippen molar-refractivity contribution in [2.24, 2.45) is 0 Å². The monoisotopic (exact) mass is 291 g/mol. The Balaban J connectivity index is 2.39. The van der Waals surface area contributed by atoms with Gasteiger partial charge in [-0.05, 0) is 18.6 Å². The Morgan fingerprint density at radius 1 is 1.42 bits per heavy atom. The lowest BCUT2D eigenvalue weighted by Crippen LogP contribution is -2.28. The lowest BCUT2D eigenvalue weighted by Gasteiger charge is -2.10.